The van der Waals surface area contributed by atoms with Gasteiger partial charge in [-0.15, -0.1) is 5.10 Å². The van der Waals surface area contributed by atoms with Crippen molar-refractivity contribution in [3.8, 4) is 5.75 Å². The van der Waals surface area contributed by atoms with Crippen molar-refractivity contribution in [3.63, 3.8) is 0 Å². The number of methoxy groups -OCH3 is 1. The van der Waals surface area contributed by atoms with Gasteiger partial charge in [-0.05, 0) is 35.7 Å². The van der Waals surface area contributed by atoms with Crippen molar-refractivity contribution >= 4 is 17.5 Å². The van der Waals surface area contributed by atoms with Crippen molar-refractivity contribution < 1.29 is 4.74 Å². The minimum absolute atomic E-state index is 0.473. The number of para-hydroxylation sites is 1. The highest BCUT2D eigenvalue weighted by Crippen LogP contribution is 2.19. The predicted molar refractivity (Wildman–Crippen MR) is 99.3 cm³/mol. The molecule has 0 spiro atoms. The molecule has 0 atom stereocenters. The molecule has 0 aliphatic heterocycles. The van der Waals surface area contributed by atoms with Crippen LogP contribution >= 0.6 is 0 Å². The Morgan fingerprint density at radius 2 is 1.84 bits per heavy atom. The Kier molecular flexibility index (Phi) is 5.41. The third kappa shape index (κ3) is 4.44. The van der Waals surface area contributed by atoms with E-state index in [1.165, 1.54) is 5.56 Å². The van der Waals surface area contributed by atoms with E-state index in [2.05, 4.69) is 38.8 Å². The van der Waals surface area contributed by atoms with Crippen molar-refractivity contribution in [3.05, 3.63) is 65.9 Å². The first-order valence-electron chi connectivity index (χ1n) is 8.20. The summed E-state index contributed by atoms with van der Waals surface area (Å²) in [6, 6.07) is 16.0. The highest BCUT2D eigenvalue weighted by molar-refractivity contribution is 5.58. The molecule has 0 fully saturated rings. The lowest BCUT2D eigenvalue weighted by molar-refractivity contribution is 0.414. The highest BCUT2D eigenvalue weighted by Gasteiger charge is 2.04. The van der Waals surface area contributed by atoms with Crippen LogP contribution in [0.5, 0.6) is 5.75 Å². The summed E-state index contributed by atoms with van der Waals surface area (Å²) >= 11 is 0. The van der Waals surface area contributed by atoms with E-state index >= 15 is 0 Å². The second kappa shape index (κ2) is 8.10. The van der Waals surface area contributed by atoms with Crippen LogP contribution in [0.1, 0.15) is 18.1 Å². The van der Waals surface area contributed by atoms with Gasteiger partial charge in [0, 0.05) is 12.2 Å². The summed E-state index contributed by atoms with van der Waals surface area (Å²) in [6.45, 7) is 2.76. The molecule has 0 aliphatic carbocycles. The van der Waals surface area contributed by atoms with Crippen LogP contribution in [0, 0.1) is 0 Å². The molecule has 0 unspecified atom stereocenters. The fraction of sp³-hybridized carbons (Fsp3) is 0.211. The molecular formula is C19H21N5O. The Balaban J connectivity index is 1.66. The second-order valence-corrected chi connectivity index (χ2v) is 5.50. The summed E-state index contributed by atoms with van der Waals surface area (Å²) in [7, 11) is 1.66. The molecule has 2 aromatic carbocycles. The summed E-state index contributed by atoms with van der Waals surface area (Å²) in [4.78, 5) is 4.47. The van der Waals surface area contributed by atoms with Gasteiger partial charge in [0.1, 0.15) is 5.75 Å². The lowest BCUT2D eigenvalue weighted by Crippen LogP contribution is -2.06. The standard InChI is InChI=1S/C19H21N5O/c1-3-15-6-4-5-7-17(15)22-19-23-18(13-21-24-19)20-12-14-8-10-16(25-2)11-9-14/h4-11,13H,3,12H2,1-2H3,(H2,20,22,23,24). The molecule has 128 valence electrons. The van der Waals surface area contributed by atoms with Gasteiger partial charge in [0.15, 0.2) is 5.82 Å². The minimum Gasteiger partial charge on any atom is -0.497 e. The number of hydrogen-bond donors (Lipinski definition) is 2. The predicted octanol–water partition coefficient (Wildman–Crippen LogP) is 3.80. The number of nitrogens with zero attached hydrogens (tertiary/aromatic N) is 3. The molecule has 0 saturated carbocycles. The van der Waals surface area contributed by atoms with Crippen LogP contribution in [-0.4, -0.2) is 22.3 Å². The average molecular weight is 335 g/mol. The van der Waals surface area contributed by atoms with Crippen LogP contribution in [0.25, 0.3) is 0 Å². The van der Waals surface area contributed by atoms with Gasteiger partial charge in [-0.25, -0.2) is 0 Å². The van der Waals surface area contributed by atoms with E-state index in [0.717, 1.165) is 23.4 Å². The van der Waals surface area contributed by atoms with Gasteiger partial charge < -0.3 is 15.4 Å². The van der Waals surface area contributed by atoms with Crippen LogP contribution < -0.4 is 15.4 Å². The molecular weight excluding hydrogens is 314 g/mol. The monoisotopic (exact) mass is 335 g/mol. The molecule has 1 heterocycles. The number of aromatic nitrogens is 3. The topological polar surface area (TPSA) is 72.0 Å². The van der Waals surface area contributed by atoms with Gasteiger partial charge in [-0.3, -0.25) is 0 Å². The molecule has 0 amide bonds. The number of rotatable bonds is 7. The number of hydrogen-bond acceptors (Lipinski definition) is 6. The zero-order chi connectivity index (χ0) is 17.5. The SMILES string of the molecule is CCc1ccccc1Nc1nncc(NCc2ccc(OC)cc2)n1. The van der Waals surface area contributed by atoms with E-state index in [-0.39, 0.29) is 0 Å². The Labute approximate surface area is 147 Å². The fourth-order valence-electron chi connectivity index (χ4n) is 2.45. The van der Waals surface area contributed by atoms with E-state index in [1.54, 1.807) is 13.3 Å². The first-order chi connectivity index (χ1) is 12.3. The quantitative estimate of drug-likeness (QED) is 0.684. The molecule has 1 aromatic heterocycles. The number of anilines is 3. The van der Waals surface area contributed by atoms with Crippen molar-refractivity contribution in [2.45, 2.75) is 19.9 Å². The van der Waals surface area contributed by atoms with Crippen LogP contribution in [0.4, 0.5) is 17.5 Å². The van der Waals surface area contributed by atoms with Crippen LogP contribution in [0.15, 0.2) is 54.7 Å². The largest absolute Gasteiger partial charge is 0.497 e. The van der Waals surface area contributed by atoms with Gasteiger partial charge in [0.25, 0.3) is 0 Å². The van der Waals surface area contributed by atoms with E-state index < -0.39 is 0 Å². The van der Waals surface area contributed by atoms with E-state index in [9.17, 15) is 0 Å². The maximum absolute atomic E-state index is 5.16. The lowest BCUT2D eigenvalue weighted by Gasteiger charge is -2.10. The van der Waals surface area contributed by atoms with Gasteiger partial charge in [-0.1, -0.05) is 37.3 Å². The number of aryl methyl sites for hydroxylation is 1. The summed E-state index contributed by atoms with van der Waals surface area (Å²) in [5, 5.41) is 14.6. The first-order valence-corrected chi connectivity index (χ1v) is 8.20. The van der Waals surface area contributed by atoms with E-state index in [0.29, 0.717) is 18.3 Å². The van der Waals surface area contributed by atoms with Gasteiger partial charge in [0.05, 0.1) is 13.3 Å². The zero-order valence-corrected chi connectivity index (χ0v) is 14.4. The Morgan fingerprint density at radius 1 is 1.04 bits per heavy atom. The molecule has 3 aromatic rings. The maximum Gasteiger partial charge on any atom is 0.249 e. The molecule has 0 aliphatic rings. The third-order valence-corrected chi connectivity index (χ3v) is 3.84. The molecule has 2 N–H and O–H groups in total. The molecule has 0 bridgehead atoms. The van der Waals surface area contributed by atoms with E-state index in [1.807, 2.05) is 42.5 Å². The van der Waals surface area contributed by atoms with E-state index in [4.69, 9.17) is 4.74 Å². The molecule has 3 rings (SSSR count). The maximum atomic E-state index is 5.16. The number of benzene rings is 2. The van der Waals surface area contributed by atoms with Crippen molar-refractivity contribution in [1.82, 2.24) is 15.2 Å². The third-order valence-electron chi connectivity index (χ3n) is 3.84. The van der Waals surface area contributed by atoms with Crippen molar-refractivity contribution in [2.24, 2.45) is 0 Å². The molecule has 6 heteroatoms. The zero-order valence-electron chi connectivity index (χ0n) is 14.4. The minimum atomic E-state index is 0.473. The average Bonchev–Trinajstić information content (AvgIpc) is 2.67. The second-order valence-electron chi connectivity index (χ2n) is 5.50. The van der Waals surface area contributed by atoms with Crippen LogP contribution in [-0.2, 0) is 13.0 Å². The fourth-order valence-corrected chi connectivity index (χ4v) is 2.45. The van der Waals surface area contributed by atoms with Gasteiger partial charge >= 0.3 is 0 Å². The van der Waals surface area contributed by atoms with Gasteiger partial charge in [0.2, 0.25) is 5.95 Å². The first kappa shape index (κ1) is 16.7. The van der Waals surface area contributed by atoms with Crippen molar-refractivity contribution in [2.75, 3.05) is 17.7 Å². The van der Waals surface area contributed by atoms with Crippen LogP contribution in [0.3, 0.4) is 0 Å². The van der Waals surface area contributed by atoms with Crippen LogP contribution in [0.2, 0.25) is 0 Å². The molecule has 25 heavy (non-hydrogen) atoms. The lowest BCUT2D eigenvalue weighted by atomic mass is 10.1. The molecule has 0 radical (unpaired) electrons. The smallest absolute Gasteiger partial charge is 0.249 e. The summed E-state index contributed by atoms with van der Waals surface area (Å²) in [6.07, 6.45) is 2.55. The normalized spacial score (nSPS) is 10.3. The summed E-state index contributed by atoms with van der Waals surface area (Å²) in [5.41, 5.74) is 3.34. The molecule has 6 nitrogen and oxygen atoms in total. The van der Waals surface area contributed by atoms with Crippen molar-refractivity contribution in [1.29, 1.82) is 0 Å². The Bertz CT molecular complexity index is 820. The highest BCUT2D eigenvalue weighted by atomic mass is 16.5. The number of nitrogens with one attached hydrogen (secondary N) is 2. The number of ether oxygens (including phenoxy) is 1. The van der Waals surface area contributed by atoms with Gasteiger partial charge in [-0.2, -0.15) is 10.1 Å². The summed E-state index contributed by atoms with van der Waals surface area (Å²) in [5.74, 6) is 1.98. The Hall–Kier alpha value is -3.15. The molecule has 0 saturated heterocycles. The summed E-state index contributed by atoms with van der Waals surface area (Å²) < 4.78 is 5.16. The Morgan fingerprint density at radius 3 is 2.60 bits per heavy atom.